The average molecular weight is 568 g/mol. The fourth-order valence-electron chi connectivity index (χ4n) is 5.80. The van der Waals surface area contributed by atoms with Crippen molar-refractivity contribution in [2.75, 3.05) is 19.3 Å². The molecule has 2 aliphatic rings. The Morgan fingerprint density at radius 1 is 1.02 bits per heavy atom. The number of hydrogen-bond acceptors (Lipinski definition) is 6. The summed E-state index contributed by atoms with van der Waals surface area (Å²) in [6.07, 6.45) is 7.16. The molecule has 7 nitrogen and oxygen atoms in total. The SMILES string of the molecule is CSc1ccc(C(=O)[C@@H]2CN(C(=O)OC3CCCC3)C[C@H]2CCc2cc(C)c(OC(C)(C)C(=O)O)c(C)c2)cc1. The summed E-state index contributed by atoms with van der Waals surface area (Å²) in [4.78, 5) is 41.1. The number of thioether (sulfide) groups is 1. The molecule has 2 fully saturated rings. The fraction of sp³-hybridized carbons (Fsp3) is 0.531. The molecule has 1 heterocycles. The van der Waals surface area contributed by atoms with Gasteiger partial charge in [-0.15, -0.1) is 11.8 Å². The number of aryl methyl sites for hydroxylation is 3. The molecule has 0 spiro atoms. The van der Waals surface area contributed by atoms with Gasteiger partial charge in [0.25, 0.3) is 0 Å². The van der Waals surface area contributed by atoms with E-state index in [9.17, 15) is 19.5 Å². The van der Waals surface area contributed by atoms with Crippen LogP contribution in [-0.2, 0) is 16.0 Å². The first-order chi connectivity index (χ1) is 19.0. The van der Waals surface area contributed by atoms with E-state index in [-0.39, 0.29) is 29.8 Å². The number of nitrogens with zero attached hydrogens (tertiary/aromatic N) is 1. The Kier molecular flexibility index (Phi) is 9.49. The summed E-state index contributed by atoms with van der Waals surface area (Å²) in [6.45, 7) is 7.79. The number of ether oxygens (including phenoxy) is 2. The number of Topliss-reactive ketones (excluding diaryl/α,β-unsaturated/α-hetero) is 1. The van der Waals surface area contributed by atoms with Gasteiger partial charge < -0.3 is 19.5 Å². The third kappa shape index (κ3) is 7.00. The molecular formula is C32H41NO6S. The van der Waals surface area contributed by atoms with Gasteiger partial charge in [-0.3, -0.25) is 4.79 Å². The third-order valence-corrected chi connectivity index (χ3v) is 8.92. The molecule has 1 saturated heterocycles. The number of aliphatic carboxylic acids is 1. The molecule has 1 aliphatic carbocycles. The molecule has 1 aliphatic heterocycles. The summed E-state index contributed by atoms with van der Waals surface area (Å²) in [7, 11) is 0. The molecule has 1 amide bonds. The van der Waals surface area contributed by atoms with E-state index in [1.807, 2.05) is 56.5 Å². The fourth-order valence-corrected chi connectivity index (χ4v) is 6.21. The molecule has 1 saturated carbocycles. The monoisotopic (exact) mass is 567 g/mol. The quantitative estimate of drug-likeness (QED) is 0.252. The minimum absolute atomic E-state index is 0.00587. The van der Waals surface area contributed by atoms with Crippen molar-refractivity contribution in [2.24, 2.45) is 11.8 Å². The van der Waals surface area contributed by atoms with Crippen molar-refractivity contribution in [3.63, 3.8) is 0 Å². The Balaban J connectivity index is 1.50. The van der Waals surface area contributed by atoms with Crippen LogP contribution in [0, 0.1) is 25.7 Å². The number of amides is 1. The highest BCUT2D eigenvalue weighted by Crippen LogP contribution is 2.34. The minimum atomic E-state index is -1.33. The lowest BCUT2D eigenvalue weighted by atomic mass is 9.84. The molecule has 0 radical (unpaired) electrons. The van der Waals surface area contributed by atoms with Crippen molar-refractivity contribution >= 4 is 29.6 Å². The van der Waals surface area contributed by atoms with Crippen molar-refractivity contribution in [1.82, 2.24) is 4.90 Å². The summed E-state index contributed by atoms with van der Waals surface area (Å²) in [5, 5.41) is 9.47. The van der Waals surface area contributed by atoms with Gasteiger partial charge in [-0.1, -0.05) is 24.3 Å². The van der Waals surface area contributed by atoms with E-state index in [0.717, 1.165) is 60.1 Å². The molecule has 216 valence electrons. The Labute approximate surface area is 241 Å². The lowest BCUT2D eigenvalue weighted by molar-refractivity contribution is -0.152. The van der Waals surface area contributed by atoms with E-state index in [4.69, 9.17) is 9.47 Å². The van der Waals surface area contributed by atoms with Crippen LogP contribution in [0.15, 0.2) is 41.3 Å². The molecule has 1 N–H and O–H groups in total. The predicted molar refractivity (Wildman–Crippen MR) is 156 cm³/mol. The number of likely N-dealkylation sites (tertiary alicyclic amines) is 1. The topological polar surface area (TPSA) is 93.1 Å². The van der Waals surface area contributed by atoms with Gasteiger partial charge in [-0.05, 0) is 107 Å². The number of carboxylic acid groups (broad SMARTS) is 1. The van der Waals surface area contributed by atoms with E-state index in [0.29, 0.717) is 24.4 Å². The first-order valence-electron chi connectivity index (χ1n) is 14.1. The molecule has 0 aromatic heterocycles. The van der Waals surface area contributed by atoms with E-state index in [2.05, 4.69) is 0 Å². The summed E-state index contributed by atoms with van der Waals surface area (Å²) >= 11 is 1.64. The largest absolute Gasteiger partial charge is 0.478 e. The summed E-state index contributed by atoms with van der Waals surface area (Å²) in [5.41, 5.74) is 2.18. The van der Waals surface area contributed by atoms with Gasteiger partial charge in [0.2, 0.25) is 0 Å². The van der Waals surface area contributed by atoms with Crippen molar-refractivity contribution in [2.45, 2.75) is 82.8 Å². The molecule has 8 heteroatoms. The van der Waals surface area contributed by atoms with E-state index in [1.54, 1.807) is 16.7 Å². The van der Waals surface area contributed by atoms with Gasteiger partial charge in [0.15, 0.2) is 11.4 Å². The zero-order chi connectivity index (χ0) is 29.0. The van der Waals surface area contributed by atoms with E-state index < -0.39 is 11.6 Å². The second-order valence-corrected chi connectivity index (χ2v) is 12.5. The number of benzene rings is 2. The van der Waals surface area contributed by atoms with Crippen LogP contribution in [-0.4, -0.2) is 58.9 Å². The molecule has 0 unspecified atom stereocenters. The normalized spacial score (nSPS) is 19.6. The maximum atomic E-state index is 13.7. The van der Waals surface area contributed by atoms with Gasteiger partial charge in [-0.25, -0.2) is 9.59 Å². The molecular weight excluding hydrogens is 526 g/mol. The van der Waals surface area contributed by atoms with Gasteiger partial charge in [0, 0.05) is 29.5 Å². The number of carbonyl (C=O) groups is 3. The Bertz CT molecular complexity index is 1210. The maximum absolute atomic E-state index is 13.7. The maximum Gasteiger partial charge on any atom is 0.410 e. The lowest BCUT2D eigenvalue weighted by Crippen LogP contribution is -2.38. The average Bonchev–Trinajstić information content (AvgIpc) is 3.59. The van der Waals surface area contributed by atoms with Crippen LogP contribution in [0.1, 0.15) is 73.0 Å². The second-order valence-electron chi connectivity index (χ2n) is 11.7. The van der Waals surface area contributed by atoms with Gasteiger partial charge >= 0.3 is 12.1 Å². The highest BCUT2D eigenvalue weighted by atomic mass is 32.2. The Morgan fingerprint density at radius 2 is 1.65 bits per heavy atom. The minimum Gasteiger partial charge on any atom is -0.478 e. The summed E-state index contributed by atoms with van der Waals surface area (Å²) < 4.78 is 11.7. The van der Waals surface area contributed by atoms with Gasteiger partial charge in [-0.2, -0.15) is 0 Å². The van der Waals surface area contributed by atoms with E-state index in [1.165, 1.54) is 13.8 Å². The van der Waals surface area contributed by atoms with Crippen molar-refractivity contribution < 1.29 is 29.0 Å². The first kappa shape index (κ1) is 30.0. The summed E-state index contributed by atoms with van der Waals surface area (Å²) in [6, 6.07) is 11.8. The molecule has 0 bridgehead atoms. The van der Waals surface area contributed by atoms with Crippen LogP contribution in [0.5, 0.6) is 5.75 Å². The summed E-state index contributed by atoms with van der Waals surface area (Å²) in [5.74, 6) is -0.657. The molecule has 40 heavy (non-hydrogen) atoms. The highest BCUT2D eigenvalue weighted by Gasteiger charge is 2.41. The van der Waals surface area contributed by atoms with Crippen molar-refractivity contribution in [3.05, 3.63) is 58.7 Å². The number of carboxylic acids is 1. The predicted octanol–water partition coefficient (Wildman–Crippen LogP) is 6.71. The first-order valence-corrected chi connectivity index (χ1v) is 15.4. The highest BCUT2D eigenvalue weighted by molar-refractivity contribution is 7.98. The van der Waals surface area contributed by atoms with Crippen LogP contribution in [0.4, 0.5) is 4.79 Å². The molecule has 4 rings (SSSR count). The number of carbonyl (C=O) groups excluding carboxylic acids is 2. The van der Waals surface area contributed by atoms with Crippen LogP contribution in [0.3, 0.4) is 0 Å². The smallest absolute Gasteiger partial charge is 0.410 e. The number of ketones is 1. The zero-order valence-electron chi connectivity index (χ0n) is 24.2. The number of rotatable bonds is 10. The third-order valence-electron chi connectivity index (χ3n) is 8.18. The van der Waals surface area contributed by atoms with Crippen molar-refractivity contribution in [1.29, 1.82) is 0 Å². The zero-order valence-corrected chi connectivity index (χ0v) is 25.0. The lowest BCUT2D eigenvalue weighted by Gasteiger charge is -2.25. The second kappa shape index (κ2) is 12.7. The van der Waals surface area contributed by atoms with Crippen LogP contribution in [0.2, 0.25) is 0 Å². The Morgan fingerprint density at radius 3 is 2.23 bits per heavy atom. The van der Waals surface area contributed by atoms with Crippen LogP contribution < -0.4 is 4.74 Å². The Hall–Kier alpha value is -3.00. The molecule has 2 aromatic carbocycles. The molecule has 2 atom stereocenters. The number of hydrogen-bond donors (Lipinski definition) is 1. The van der Waals surface area contributed by atoms with Gasteiger partial charge in [0.05, 0.1) is 0 Å². The standard InChI is InChI=1S/C32H41NO6S/c1-20-16-22(17-21(2)29(20)39-32(3,4)30(35)36)10-11-24-18-33(31(37)38-25-8-6-7-9-25)19-27(24)28(34)23-12-14-26(40-5)15-13-23/h12-17,24-25,27H,6-11,18-19H2,1-5H3,(H,35,36)/t24-,27-/m1/s1. The van der Waals surface area contributed by atoms with Crippen LogP contribution in [0.25, 0.3) is 0 Å². The van der Waals surface area contributed by atoms with E-state index >= 15 is 0 Å². The van der Waals surface area contributed by atoms with Crippen molar-refractivity contribution in [3.8, 4) is 5.75 Å². The van der Waals surface area contributed by atoms with Crippen LogP contribution >= 0.6 is 11.8 Å². The van der Waals surface area contributed by atoms with Gasteiger partial charge in [0.1, 0.15) is 11.9 Å². The molecule has 2 aromatic rings.